The Morgan fingerprint density at radius 1 is 1.05 bits per heavy atom. The van der Waals surface area contributed by atoms with Crippen LogP contribution in [0.15, 0.2) is 42.5 Å². The van der Waals surface area contributed by atoms with Gasteiger partial charge in [-0.25, -0.2) is 0 Å². The van der Waals surface area contributed by atoms with Crippen LogP contribution in [0.3, 0.4) is 0 Å². The summed E-state index contributed by atoms with van der Waals surface area (Å²) in [4.78, 5) is 0. The number of benzene rings is 2. The fourth-order valence-corrected chi connectivity index (χ4v) is 2.48. The lowest BCUT2D eigenvalue weighted by atomic mass is 10.00. The van der Waals surface area contributed by atoms with E-state index in [1.807, 2.05) is 0 Å². The highest BCUT2D eigenvalue weighted by Crippen LogP contribution is 2.37. The predicted molar refractivity (Wildman–Crippen MR) is 76.2 cm³/mol. The highest BCUT2D eigenvalue weighted by molar-refractivity contribution is 9.08. The van der Waals surface area contributed by atoms with Gasteiger partial charge in [0, 0.05) is 15.9 Å². The van der Waals surface area contributed by atoms with Gasteiger partial charge in [0.15, 0.2) is 0 Å². The maximum absolute atomic E-state index is 12.4. The Morgan fingerprint density at radius 2 is 1.75 bits per heavy atom. The summed E-state index contributed by atoms with van der Waals surface area (Å²) in [6.45, 7) is 0. The van der Waals surface area contributed by atoms with Gasteiger partial charge in [0.1, 0.15) is 5.75 Å². The first kappa shape index (κ1) is 15.2. The Morgan fingerprint density at radius 3 is 2.40 bits per heavy atom. The summed E-state index contributed by atoms with van der Waals surface area (Å²) in [5, 5.41) is 0.950. The SMILES string of the molecule is FC(F)(F)Oc1ccccc1-c1cc(Cl)ccc1CBr. The minimum absolute atomic E-state index is 0.246. The van der Waals surface area contributed by atoms with Crippen LogP contribution in [0.1, 0.15) is 5.56 Å². The summed E-state index contributed by atoms with van der Waals surface area (Å²) in [5.41, 5.74) is 1.78. The van der Waals surface area contributed by atoms with Gasteiger partial charge in [0.25, 0.3) is 0 Å². The third-order valence-electron chi connectivity index (χ3n) is 2.62. The van der Waals surface area contributed by atoms with Crippen molar-refractivity contribution in [3.63, 3.8) is 0 Å². The molecule has 0 saturated carbocycles. The molecule has 0 bridgehead atoms. The second kappa shape index (κ2) is 6.06. The zero-order valence-corrected chi connectivity index (χ0v) is 12.4. The Bertz CT molecular complexity index is 614. The van der Waals surface area contributed by atoms with E-state index >= 15 is 0 Å². The maximum atomic E-state index is 12.4. The number of rotatable bonds is 3. The molecule has 20 heavy (non-hydrogen) atoms. The lowest BCUT2D eigenvalue weighted by Gasteiger charge is -2.15. The highest BCUT2D eigenvalue weighted by atomic mass is 79.9. The number of para-hydroxylation sites is 1. The van der Waals surface area contributed by atoms with Crippen LogP contribution in [0.25, 0.3) is 11.1 Å². The van der Waals surface area contributed by atoms with Crippen molar-refractivity contribution < 1.29 is 17.9 Å². The van der Waals surface area contributed by atoms with Gasteiger partial charge in [0.05, 0.1) is 0 Å². The lowest BCUT2D eigenvalue weighted by molar-refractivity contribution is -0.274. The molecular formula is C14H9BrClF3O. The lowest BCUT2D eigenvalue weighted by Crippen LogP contribution is -2.17. The fraction of sp³-hybridized carbons (Fsp3) is 0.143. The largest absolute Gasteiger partial charge is 0.573 e. The van der Waals surface area contributed by atoms with E-state index in [9.17, 15) is 13.2 Å². The third-order valence-corrected chi connectivity index (χ3v) is 3.46. The fourth-order valence-electron chi connectivity index (χ4n) is 1.82. The van der Waals surface area contributed by atoms with Crippen molar-refractivity contribution in [3.05, 3.63) is 53.1 Å². The first-order valence-corrected chi connectivity index (χ1v) is 7.10. The molecule has 0 aromatic heterocycles. The molecule has 0 aliphatic carbocycles. The molecule has 0 spiro atoms. The third kappa shape index (κ3) is 3.67. The van der Waals surface area contributed by atoms with E-state index in [1.54, 1.807) is 30.3 Å². The summed E-state index contributed by atoms with van der Waals surface area (Å²) in [5.74, 6) is -0.246. The normalized spacial score (nSPS) is 11.4. The molecule has 0 amide bonds. The van der Waals surface area contributed by atoms with E-state index in [0.717, 1.165) is 5.56 Å². The molecular weight excluding hydrogens is 357 g/mol. The minimum Gasteiger partial charge on any atom is -0.405 e. The second-order valence-corrected chi connectivity index (χ2v) is 4.98. The molecule has 0 saturated heterocycles. The average molecular weight is 366 g/mol. The molecule has 2 rings (SSSR count). The standard InChI is InChI=1S/C14H9BrClF3O/c15-8-9-5-6-10(16)7-12(9)11-3-1-2-4-13(11)20-14(17,18)19/h1-7H,8H2. The maximum Gasteiger partial charge on any atom is 0.573 e. The average Bonchev–Trinajstić information content (AvgIpc) is 2.37. The number of alkyl halides is 4. The van der Waals surface area contributed by atoms with Crippen LogP contribution < -0.4 is 4.74 Å². The van der Waals surface area contributed by atoms with Gasteiger partial charge in [-0.3, -0.25) is 0 Å². The second-order valence-electron chi connectivity index (χ2n) is 3.98. The van der Waals surface area contributed by atoms with Gasteiger partial charge in [-0.05, 0) is 29.3 Å². The molecule has 1 nitrogen and oxygen atoms in total. The molecule has 0 atom stereocenters. The van der Waals surface area contributed by atoms with E-state index in [2.05, 4.69) is 20.7 Å². The molecule has 2 aromatic rings. The van der Waals surface area contributed by atoms with Gasteiger partial charge in [-0.2, -0.15) is 0 Å². The van der Waals surface area contributed by atoms with Crippen molar-refractivity contribution in [2.75, 3.05) is 0 Å². The quantitative estimate of drug-likeness (QED) is 0.625. The zero-order valence-electron chi connectivity index (χ0n) is 10.0. The Balaban J connectivity index is 2.55. The Kier molecular flexibility index (Phi) is 4.60. The van der Waals surface area contributed by atoms with Crippen LogP contribution >= 0.6 is 27.5 Å². The first-order valence-electron chi connectivity index (χ1n) is 5.60. The van der Waals surface area contributed by atoms with Crippen molar-refractivity contribution in [2.45, 2.75) is 11.7 Å². The van der Waals surface area contributed by atoms with Crippen LogP contribution in [-0.4, -0.2) is 6.36 Å². The molecule has 0 unspecified atom stereocenters. The summed E-state index contributed by atoms with van der Waals surface area (Å²) in [6.07, 6.45) is -4.73. The van der Waals surface area contributed by atoms with Gasteiger partial charge in [0.2, 0.25) is 0 Å². The minimum atomic E-state index is -4.73. The molecule has 6 heteroatoms. The predicted octanol–water partition coefficient (Wildman–Crippen LogP) is 5.80. The number of hydrogen-bond donors (Lipinski definition) is 0. The van der Waals surface area contributed by atoms with E-state index in [0.29, 0.717) is 21.5 Å². The van der Waals surface area contributed by atoms with Crippen LogP contribution in [0, 0.1) is 0 Å². The van der Waals surface area contributed by atoms with E-state index < -0.39 is 6.36 Å². The number of halogens is 5. The van der Waals surface area contributed by atoms with Crippen LogP contribution in [0.2, 0.25) is 5.02 Å². The topological polar surface area (TPSA) is 9.23 Å². The summed E-state index contributed by atoms with van der Waals surface area (Å²) >= 11 is 9.24. The molecule has 0 heterocycles. The van der Waals surface area contributed by atoms with Crippen molar-refractivity contribution in [1.82, 2.24) is 0 Å². The Hall–Kier alpha value is -1.20. The van der Waals surface area contributed by atoms with Crippen LogP contribution in [0.5, 0.6) is 5.75 Å². The molecule has 2 aromatic carbocycles. The number of hydrogen-bond acceptors (Lipinski definition) is 1. The van der Waals surface area contributed by atoms with Crippen molar-refractivity contribution >= 4 is 27.5 Å². The van der Waals surface area contributed by atoms with Gasteiger partial charge in [-0.15, -0.1) is 13.2 Å². The molecule has 0 aliphatic rings. The highest BCUT2D eigenvalue weighted by Gasteiger charge is 2.32. The molecule has 106 valence electrons. The van der Waals surface area contributed by atoms with E-state index in [4.69, 9.17) is 11.6 Å². The molecule has 0 fully saturated rings. The molecule has 0 N–H and O–H groups in total. The Labute approximate surface area is 127 Å². The summed E-state index contributed by atoms with van der Waals surface area (Å²) in [6, 6.07) is 11.1. The van der Waals surface area contributed by atoms with Crippen molar-refractivity contribution in [3.8, 4) is 16.9 Å². The van der Waals surface area contributed by atoms with Crippen LogP contribution in [0.4, 0.5) is 13.2 Å². The van der Waals surface area contributed by atoms with Crippen molar-refractivity contribution in [2.24, 2.45) is 0 Å². The molecule has 0 radical (unpaired) electrons. The molecule has 0 aliphatic heterocycles. The monoisotopic (exact) mass is 364 g/mol. The van der Waals surface area contributed by atoms with E-state index in [-0.39, 0.29) is 5.75 Å². The van der Waals surface area contributed by atoms with Gasteiger partial charge < -0.3 is 4.74 Å². The summed E-state index contributed by atoms with van der Waals surface area (Å²) in [7, 11) is 0. The van der Waals surface area contributed by atoms with Crippen molar-refractivity contribution in [1.29, 1.82) is 0 Å². The van der Waals surface area contributed by atoms with Gasteiger partial charge >= 0.3 is 6.36 Å². The smallest absolute Gasteiger partial charge is 0.405 e. The number of ether oxygens (including phenoxy) is 1. The first-order chi connectivity index (χ1) is 9.40. The van der Waals surface area contributed by atoms with Gasteiger partial charge in [-0.1, -0.05) is 51.8 Å². The van der Waals surface area contributed by atoms with Crippen LogP contribution in [-0.2, 0) is 5.33 Å². The van der Waals surface area contributed by atoms with E-state index in [1.165, 1.54) is 12.1 Å². The zero-order chi connectivity index (χ0) is 14.8. The summed E-state index contributed by atoms with van der Waals surface area (Å²) < 4.78 is 41.4.